The van der Waals surface area contributed by atoms with Crippen molar-refractivity contribution in [2.24, 2.45) is 11.5 Å². The van der Waals surface area contributed by atoms with E-state index in [4.69, 9.17) is 15.6 Å². The molecule has 0 saturated heterocycles. The summed E-state index contributed by atoms with van der Waals surface area (Å²) in [7, 11) is -3.17. The van der Waals surface area contributed by atoms with Crippen molar-refractivity contribution in [3.05, 3.63) is 0 Å². The number of hydrogen-bond donors (Lipinski definition) is 2. The lowest BCUT2D eigenvalue weighted by Crippen LogP contribution is -2.48. The second-order valence-corrected chi connectivity index (χ2v) is 14.7. The molecule has 0 bridgehead atoms. The minimum Gasteiger partial charge on any atom is -0.455 e. The van der Waals surface area contributed by atoms with E-state index in [0.29, 0.717) is 0 Å². The highest BCUT2D eigenvalue weighted by molar-refractivity contribution is 6.85. The quantitative estimate of drug-likeness (QED) is 0.708. The van der Waals surface area contributed by atoms with Gasteiger partial charge in [0.1, 0.15) is 0 Å². The topological polar surface area (TPSA) is 61.3 Å². The number of rotatable bonds is 6. The van der Waals surface area contributed by atoms with Gasteiger partial charge in [0, 0.05) is 12.1 Å². The maximum atomic E-state index is 6.36. The van der Waals surface area contributed by atoms with E-state index in [1.54, 1.807) is 0 Å². The summed E-state index contributed by atoms with van der Waals surface area (Å²) in [6, 6.07) is 2.55. The Bertz CT molecular complexity index is 174. The van der Waals surface area contributed by atoms with Crippen molar-refractivity contribution in [1.82, 2.24) is 0 Å². The largest absolute Gasteiger partial charge is 0.455 e. The predicted molar refractivity (Wildman–Crippen MR) is 73.0 cm³/mol. The summed E-state index contributed by atoms with van der Waals surface area (Å²) in [5.41, 5.74) is 11.7. The second kappa shape index (κ2) is 5.59. The van der Waals surface area contributed by atoms with Gasteiger partial charge < -0.3 is 15.6 Å². The Morgan fingerprint density at radius 1 is 0.867 bits per heavy atom. The third-order valence-corrected chi connectivity index (χ3v) is 9.85. The number of hydrogen-bond acceptors (Lipinski definition) is 3. The van der Waals surface area contributed by atoms with E-state index in [9.17, 15) is 0 Å². The van der Waals surface area contributed by atoms with Crippen LogP contribution in [0.5, 0.6) is 0 Å². The molecule has 0 aliphatic rings. The zero-order valence-electron chi connectivity index (χ0n) is 11.1. The van der Waals surface area contributed by atoms with Crippen LogP contribution in [0.3, 0.4) is 0 Å². The van der Waals surface area contributed by atoms with Gasteiger partial charge in [-0.25, -0.2) is 0 Å². The first-order valence-electron chi connectivity index (χ1n) is 5.75. The Labute approximate surface area is 96.8 Å². The SMILES string of the molecule is CC(N)C[Si](C)(C)O[Si](C)(C)CC(C)N. The molecule has 0 radical (unpaired) electrons. The lowest BCUT2D eigenvalue weighted by Gasteiger charge is -2.35. The fourth-order valence-corrected chi connectivity index (χ4v) is 12.1. The molecular formula is C10H28N2OSi2. The molecule has 0 aromatic carbocycles. The molecule has 0 aromatic rings. The summed E-state index contributed by atoms with van der Waals surface area (Å²) < 4.78 is 6.36. The Kier molecular flexibility index (Phi) is 5.70. The molecule has 0 fully saturated rings. The summed E-state index contributed by atoms with van der Waals surface area (Å²) in [6.07, 6.45) is 0. The van der Waals surface area contributed by atoms with Gasteiger partial charge in [-0.3, -0.25) is 0 Å². The first-order chi connectivity index (χ1) is 6.54. The zero-order chi connectivity index (χ0) is 12.3. The van der Waals surface area contributed by atoms with Gasteiger partial charge >= 0.3 is 0 Å². The maximum absolute atomic E-state index is 6.36. The van der Waals surface area contributed by atoms with Gasteiger partial charge in [0.05, 0.1) is 0 Å². The van der Waals surface area contributed by atoms with Gasteiger partial charge in [-0.05, 0) is 38.3 Å². The molecule has 0 amide bonds. The Hall–Kier alpha value is 0.314. The first-order valence-corrected chi connectivity index (χ1v) is 12.0. The Morgan fingerprint density at radius 2 is 1.13 bits per heavy atom. The van der Waals surface area contributed by atoms with Crippen molar-refractivity contribution in [3.8, 4) is 0 Å². The van der Waals surface area contributed by atoms with Crippen LogP contribution in [0.15, 0.2) is 0 Å². The van der Waals surface area contributed by atoms with Crippen molar-refractivity contribution in [2.75, 3.05) is 0 Å². The second-order valence-electron chi connectivity index (χ2n) is 5.98. The van der Waals surface area contributed by atoms with Crippen LogP contribution < -0.4 is 11.5 Å². The molecule has 0 rings (SSSR count). The molecule has 92 valence electrons. The van der Waals surface area contributed by atoms with E-state index in [2.05, 4.69) is 40.0 Å². The molecule has 0 saturated carbocycles. The molecule has 0 aromatic heterocycles. The van der Waals surface area contributed by atoms with Gasteiger partial charge in [-0.2, -0.15) is 0 Å². The van der Waals surface area contributed by atoms with Crippen LogP contribution >= 0.6 is 0 Å². The maximum Gasteiger partial charge on any atom is 0.174 e. The molecule has 0 heterocycles. The highest BCUT2D eigenvalue weighted by Crippen LogP contribution is 2.22. The molecule has 2 unspecified atom stereocenters. The minimum atomic E-state index is -1.59. The summed E-state index contributed by atoms with van der Waals surface area (Å²) in [5, 5.41) is 0. The molecule has 0 aliphatic heterocycles. The predicted octanol–water partition coefficient (Wildman–Crippen LogP) is 2.11. The molecule has 5 heteroatoms. The van der Waals surface area contributed by atoms with Crippen LogP contribution in [0.4, 0.5) is 0 Å². The molecule has 4 N–H and O–H groups in total. The molecule has 0 spiro atoms. The first kappa shape index (κ1) is 15.3. The van der Waals surface area contributed by atoms with Crippen molar-refractivity contribution in [3.63, 3.8) is 0 Å². The van der Waals surface area contributed by atoms with Crippen LogP contribution in [-0.2, 0) is 4.12 Å². The average Bonchev–Trinajstić information content (AvgIpc) is 1.73. The van der Waals surface area contributed by atoms with Gasteiger partial charge in [-0.1, -0.05) is 13.8 Å². The van der Waals surface area contributed by atoms with Gasteiger partial charge in [-0.15, -0.1) is 0 Å². The van der Waals surface area contributed by atoms with E-state index in [0.717, 1.165) is 12.1 Å². The highest BCUT2D eigenvalue weighted by atomic mass is 28.4. The summed E-state index contributed by atoms with van der Waals surface area (Å²) in [4.78, 5) is 0. The number of nitrogens with two attached hydrogens (primary N) is 2. The minimum absolute atomic E-state index is 0.242. The lowest BCUT2D eigenvalue weighted by molar-refractivity contribution is 0.522. The van der Waals surface area contributed by atoms with E-state index in [1.807, 2.05) is 0 Å². The normalized spacial score (nSPS) is 17.6. The van der Waals surface area contributed by atoms with Gasteiger partial charge in [0.15, 0.2) is 16.6 Å². The zero-order valence-corrected chi connectivity index (χ0v) is 13.1. The molecule has 3 nitrogen and oxygen atoms in total. The van der Waals surface area contributed by atoms with Crippen LogP contribution in [0.1, 0.15) is 13.8 Å². The van der Waals surface area contributed by atoms with Crippen molar-refractivity contribution < 1.29 is 4.12 Å². The fraction of sp³-hybridized carbons (Fsp3) is 1.00. The lowest BCUT2D eigenvalue weighted by atomic mass is 10.4. The molecule has 0 aliphatic carbocycles. The molecular weight excluding hydrogens is 220 g/mol. The van der Waals surface area contributed by atoms with Crippen molar-refractivity contribution in [1.29, 1.82) is 0 Å². The van der Waals surface area contributed by atoms with Crippen molar-refractivity contribution >= 4 is 16.6 Å². The van der Waals surface area contributed by atoms with Gasteiger partial charge in [0.2, 0.25) is 0 Å². The molecule has 2 atom stereocenters. The summed E-state index contributed by atoms with van der Waals surface area (Å²) >= 11 is 0. The molecule has 15 heavy (non-hydrogen) atoms. The van der Waals surface area contributed by atoms with Gasteiger partial charge in [0.25, 0.3) is 0 Å². The van der Waals surface area contributed by atoms with Crippen LogP contribution in [0.2, 0.25) is 38.3 Å². The van der Waals surface area contributed by atoms with Crippen LogP contribution in [-0.4, -0.2) is 28.7 Å². The summed E-state index contributed by atoms with van der Waals surface area (Å²) in [5.74, 6) is 0. The summed E-state index contributed by atoms with van der Waals surface area (Å²) in [6.45, 7) is 13.1. The highest BCUT2D eigenvalue weighted by Gasteiger charge is 2.33. The average molecular weight is 249 g/mol. The van der Waals surface area contributed by atoms with E-state index < -0.39 is 16.6 Å². The monoisotopic (exact) mass is 248 g/mol. The Morgan fingerprint density at radius 3 is 1.33 bits per heavy atom. The van der Waals surface area contributed by atoms with E-state index >= 15 is 0 Å². The fourth-order valence-electron chi connectivity index (χ4n) is 2.38. The third-order valence-electron chi connectivity index (χ3n) is 2.18. The van der Waals surface area contributed by atoms with E-state index in [1.165, 1.54) is 0 Å². The van der Waals surface area contributed by atoms with Crippen LogP contribution in [0.25, 0.3) is 0 Å². The van der Waals surface area contributed by atoms with Crippen molar-refractivity contribution in [2.45, 2.75) is 64.2 Å². The third kappa shape index (κ3) is 8.16. The van der Waals surface area contributed by atoms with Crippen LogP contribution in [0, 0.1) is 0 Å². The Balaban J connectivity index is 4.29. The smallest absolute Gasteiger partial charge is 0.174 e. The van der Waals surface area contributed by atoms with E-state index in [-0.39, 0.29) is 12.1 Å². The standard InChI is InChI=1S/C10H28N2OSi2/c1-9(11)7-14(3,4)13-15(5,6)8-10(2)12/h9-10H,7-8,11-12H2,1-6H3.